The molecule has 0 radical (unpaired) electrons. The number of primary amides is 1. The summed E-state index contributed by atoms with van der Waals surface area (Å²) in [7, 11) is -0.945. The van der Waals surface area contributed by atoms with Crippen LogP contribution in [0.1, 0.15) is 49.0 Å². The van der Waals surface area contributed by atoms with Crippen LogP contribution in [0.2, 0.25) is 0 Å². The van der Waals surface area contributed by atoms with Gasteiger partial charge in [-0.25, -0.2) is 9.97 Å². The summed E-state index contributed by atoms with van der Waals surface area (Å²) in [5, 5.41) is 14.5. The van der Waals surface area contributed by atoms with Crippen LogP contribution < -0.4 is 26.4 Å². The summed E-state index contributed by atoms with van der Waals surface area (Å²) in [6.07, 6.45) is 9.14. The van der Waals surface area contributed by atoms with Gasteiger partial charge in [0.25, 0.3) is 5.91 Å². The lowest BCUT2D eigenvalue weighted by atomic mass is 10.1. The molecular weight excluding hydrogens is 505 g/mol. The fourth-order valence-corrected chi connectivity index (χ4v) is 8.51. The average Bonchev–Trinajstić information content (AvgIpc) is 3.78. The Hall–Kier alpha value is -3.85. The standard InChI is InChI=1S/C26H28N7O4P/c1-37-23-18(25-28-12-17(13-29-25)38(36,15-7-8-15)16-9-10-16)3-2-4-19(23)30-20-11-21(31-26(35)14-5-6-14)32-33-22(20)24(27)34/h2-4,11-16H,5-10H2,1H3,(H2,27,34)(H2,30,31,32,35). The van der Waals surface area contributed by atoms with Gasteiger partial charge in [-0.1, -0.05) is 6.07 Å². The zero-order valence-electron chi connectivity index (χ0n) is 20.9. The van der Waals surface area contributed by atoms with Crippen LogP contribution in [0.5, 0.6) is 5.75 Å². The van der Waals surface area contributed by atoms with Crippen LogP contribution in [0.25, 0.3) is 11.4 Å². The van der Waals surface area contributed by atoms with Crippen molar-refractivity contribution < 1.29 is 18.9 Å². The number of hydrogen-bond donors (Lipinski definition) is 3. The van der Waals surface area contributed by atoms with E-state index in [1.54, 1.807) is 24.5 Å². The Kier molecular flexibility index (Phi) is 6.10. The summed E-state index contributed by atoms with van der Waals surface area (Å²) in [5.41, 5.74) is 7.38. The van der Waals surface area contributed by atoms with E-state index in [2.05, 4.69) is 30.8 Å². The van der Waals surface area contributed by atoms with Crippen molar-refractivity contribution in [3.05, 3.63) is 42.4 Å². The third kappa shape index (κ3) is 4.62. The molecule has 196 valence electrons. The molecule has 3 aliphatic carbocycles. The molecular formula is C26H28N7O4P. The van der Waals surface area contributed by atoms with Gasteiger partial charge in [0.15, 0.2) is 23.1 Å². The van der Waals surface area contributed by atoms with Crippen molar-refractivity contribution in [2.75, 3.05) is 17.7 Å². The van der Waals surface area contributed by atoms with Gasteiger partial charge in [-0.2, -0.15) is 0 Å². The van der Waals surface area contributed by atoms with Crippen molar-refractivity contribution in [1.82, 2.24) is 20.2 Å². The van der Waals surface area contributed by atoms with Gasteiger partial charge in [-0.05, 0) is 50.7 Å². The number of carbonyl (C=O) groups excluding carboxylic acids is 2. The van der Waals surface area contributed by atoms with Gasteiger partial charge in [-0.3, -0.25) is 9.59 Å². The number of ether oxygens (including phenoxy) is 1. The molecule has 12 heteroatoms. The molecule has 0 bridgehead atoms. The Bertz CT molecular complexity index is 1450. The van der Waals surface area contributed by atoms with Crippen LogP contribution in [0.4, 0.5) is 17.2 Å². The molecule has 3 fully saturated rings. The molecule has 4 N–H and O–H groups in total. The third-order valence-corrected chi connectivity index (χ3v) is 11.4. The highest BCUT2D eigenvalue weighted by molar-refractivity contribution is 7.73. The van der Waals surface area contributed by atoms with Crippen molar-refractivity contribution >= 4 is 41.5 Å². The lowest BCUT2D eigenvalue weighted by Gasteiger charge is -2.18. The number of aromatic nitrogens is 4. The number of nitrogens with zero attached hydrogens (tertiary/aromatic N) is 4. The van der Waals surface area contributed by atoms with Crippen molar-refractivity contribution in [2.45, 2.75) is 49.8 Å². The van der Waals surface area contributed by atoms with Gasteiger partial charge in [-0.15, -0.1) is 10.2 Å². The molecule has 0 aliphatic heterocycles. The Morgan fingerprint density at radius 1 is 1.00 bits per heavy atom. The molecule has 0 spiro atoms. The van der Waals surface area contributed by atoms with Gasteiger partial charge in [0, 0.05) is 41.0 Å². The molecule has 11 nitrogen and oxygen atoms in total. The van der Waals surface area contributed by atoms with Crippen LogP contribution in [0.3, 0.4) is 0 Å². The minimum absolute atomic E-state index is 0.0188. The monoisotopic (exact) mass is 533 g/mol. The predicted octanol–water partition coefficient (Wildman–Crippen LogP) is 3.45. The second-order valence-corrected chi connectivity index (χ2v) is 13.5. The summed E-state index contributed by atoms with van der Waals surface area (Å²) in [5.74, 6) is 0.139. The van der Waals surface area contributed by atoms with E-state index in [0.717, 1.165) is 43.8 Å². The maximum atomic E-state index is 13.8. The molecule has 2 amide bonds. The summed E-state index contributed by atoms with van der Waals surface area (Å²) < 4.78 is 19.5. The zero-order chi connectivity index (χ0) is 26.4. The van der Waals surface area contributed by atoms with Crippen molar-refractivity contribution in [3.63, 3.8) is 0 Å². The number of carbonyl (C=O) groups is 2. The molecule has 0 unspecified atom stereocenters. The lowest BCUT2D eigenvalue weighted by molar-refractivity contribution is -0.117. The van der Waals surface area contributed by atoms with Gasteiger partial charge in [0.05, 0.1) is 24.0 Å². The molecule has 2 aromatic heterocycles. The summed E-state index contributed by atoms with van der Waals surface area (Å²) in [4.78, 5) is 33.4. The number of nitrogens with two attached hydrogens (primary N) is 1. The van der Waals surface area contributed by atoms with Gasteiger partial charge < -0.3 is 25.7 Å². The molecule has 3 saturated carbocycles. The zero-order valence-corrected chi connectivity index (χ0v) is 21.8. The van der Waals surface area contributed by atoms with E-state index in [1.165, 1.54) is 13.2 Å². The highest BCUT2D eigenvalue weighted by atomic mass is 31.2. The largest absolute Gasteiger partial charge is 0.494 e. The quantitative estimate of drug-likeness (QED) is 0.331. The molecule has 0 atom stereocenters. The highest BCUT2D eigenvalue weighted by Gasteiger charge is 2.52. The first-order chi connectivity index (χ1) is 18.4. The summed E-state index contributed by atoms with van der Waals surface area (Å²) in [6.45, 7) is 0. The van der Waals surface area contributed by atoms with Crippen molar-refractivity contribution in [3.8, 4) is 17.1 Å². The number of rotatable bonds is 10. The summed E-state index contributed by atoms with van der Waals surface area (Å²) in [6, 6.07) is 6.89. The van der Waals surface area contributed by atoms with E-state index >= 15 is 0 Å². The Balaban J connectivity index is 1.31. The van der Waals surface area contributed by atoms with Crippen molar-refractivity contribution in [1.29, 1.82) is 0 Å². The molecule has 6 rings (SSSR count). The van der Waals surface area contributed by atoms with Crippen LogP contribution in [0, 0.1) is 5.92 Å². The molecule has 0 saturated heterocycles. The smallest absolute Gasteiger partial charge is 0.271 e. The van der Waals surface area contributed by atoms with E-state index in [4.69, 9.17) is 10.5 Å². The number of methoxy groups -OCH3 is 1. The van der Waals surface area contributed by atoms with Crippen LogP contribution in [-0.2, 0) is 9.36 Å². The maximum Gasteiger partial charge on any atom is 0.271 e. The molecule has 3 aromatic rings. The second-order valence-electron chi connectivity index (χ2n) is 10.1. The van der Waals surface area contributed by atoms with E-state index < -0.39 is 13.0 Å². The van der Waals surface area contributed by atoms with Gasteiger partial charge >= 0.3 is 0 Å². The lowest BCUT2D eigenvalue weighted by Crippen LogP contribution is -2.19. The van der Waals surface area contributed by atoms with Crippen LogP contribution in [0.15, 0.2) is 36.7 Å². The minimum atomic E-state index is -2.47. The van der Waals surface area contributed by atoms with E-state index in [1.807, 2.05) is 6.07 Å². The first-order valence-corrected chi connectivity index (χ1v) is 14.6. The summed E-state index contributed by atoms with van der Waals surface area (Å²) >= 11 is 0. The molecule has 3 aliphatic rings. The molecule has 2 heterocycles. The van der Waals surface area contributed by atoms with E-state index in [9.17, 15) is 14.2 Å². The van der Waals surface area contributed by atoms with Crippen molar-refractivity contribution in [2.24, 2.45) is 11.7 Å². The first-order valence-electron chi connectivity index (χ1n) is 12.7. The van der Waals surface area contributed by atoms with Crippen LogP contribution >= 0.6 is 7.14 Å². The minimum Gasteiger partial charge on any atom is -0.494 e. The fourth-order valence-electron chi connectivity index (χ4n) is 4.76. The Morgan fingerprint density at radius 2 is 1.68 bits per heavy atom. The number of nitrogens with one attached hydrogen (secondary N) is 2. The highest BCUT2D eigenvalue weighted by Crippen LogP contribution is 2.69. The number of benzene rings is 1. The fraction of sp³-hybridized carbons (Fsp3) is 0.385. The van der Waals surface area contributed by atoms with E-state index in [0.29, 0.717) is 22.8 Å². The first kappa shape index (κ1) is 24.5. The topological polar surface area (TPSA) is 162 Å². The van der Waals surface area contributed by atoms with Crippen LogP contribution in [-0.4, -0.2) is 50.4 Å². The van der Waals surface area contributed by atoms with E-state index in [-0.39, 0.29) is 40.3 Å². The number of para-hydroxylation sites is 1. The normalized spacial score (nSPS) is 17.1. The average molecular weight is 534 g/mol. The number of hydrogen-bond acceptors (Lipinski definition) is 9. The maximum absolute atomic E-state index is 13.8. The second kappa shape index (κ2) is 9.47. The SMILES string of the molecule is COc1c(Nc2cc(NC(=O)C3CC3)nnc2C(N)=O)cccc1-c1ncc(P(=O)(C2CC2)C2CC2)cn1. The molecule has 1 aromatic carbocycles. The Labute approximate surface area is 219 Å². The predicted molar refractivity (Wildman–Crippen MR) is 142 cm³/mol. The molecule has 38 heavy (non-hydrogen) atoms. The van der Waals surface area contributed by atoms with Gasteiger partial charge in [0.2, 0.25) is 5.91 Å². The number of anilines is 3. The third-order valence-electron chi connectivity index (χ3n) is 7.18. The number of amides is 2. The van der Waals surface area contributed by atoms with Gasteiger partial charge in [0.1, 0.15) is 7.14 Å². The Morgan fingerprint density at radius 3 is 2.26 bits per heavy atom.